The standard InChI is InChI=1S/C53H75N5O12S/c1-38(2)32-44(49(61)53(5,65)37-70-71(66,67)31-17-9-16-24-48(60)69-36-42-22-14-8-15-23-42)55-52(64)46(34-41-20-12-7-13-21-41)57-51(63)45(33-39(3)4)56-50(62)43(26-25-40-18-10-6-11-19-40)54-47(59)35-58-27-29-68-30-28-58/h6-8,10-15,18-23,38-39,43-46,65H,9,16-17,24-37H2,1-5H3,(H,54,59)(H,55,64)(H,56,62)(H,57,63)/t43-,44-,45-,46-,53+/m0/s1. The number of rotatable bonds is 31. The molecule has 1 heterocycles. The number of benzene rings is 3. The smallest absolute Gasteiger partial charge is 0.306 e. The number of morpholine rings is 1. The molecule has 0 saturated carbocycles. The molecule has 4 rings (SSSR count). The van der Waals surface area contributed by atoms with Crippen molar-refractivity contribution in [3.63, 3.8) is 0 Å². The van der Waals surface area contributed by atoms with Crippen LogP contribution in [0, 0.1) is 11.8 Å². The van der Waals surface area contributed by atoms with Gasteiger partial charge in [-0.25, -0.2) is 0 Å². The summed E-state index contributed by atoms with van der Waals surface area (Å²) in [6, 6.07) is 22.9. The van der Waals surface area contributed by atoms with E-state index in [2.05, 4.69) is 21.3 Å². The number of aliphatic hydroxyl groups is 1. The summed E-state index contributed by atoms with van der Waals surface area (Å²) in [6.45, 7) is 9.97. The number of ketones is 1. The Morgan fingerprint density at radius 2 is 1.20 bits per heavy atom. The molecular formula is C53H75N5O12S. The second kappa shape index (κ2) is 29.7. The van der Waals surface area contributed by atoms with E-state index in [-0.39, 0.29) is 69.4 Å². The normalized spacial score (nSPS) is 15.7. The maximum atomic E-state index is 14.4. The van der Waals surface area contributed by atoms with Crippen LogP contribution in [0.25, 0.3) is 0 Å². The Bertz CT molecular complexity index is 2240. The first-order valence-electron chi connectivity index (χ1n) is 24.7. The summed E-state index contributed by atoms with van der Waals surface area (Å²) in [4.78, 5) is 84.3. The maximum Gasteiger partial charge on any atom is 0.306 e. The zero-order chi connectivity index (χ0) is 51.8. The molecule has 1 saturated heterocycles. The van der Waals surface area contributed by atoms with Gasteiger partial charge in [0.1, 0.15) is 36.9 Å². The van der Waals surface area contributed by atoms with Crippen molar-refractivity contribution in [1.29, 1.82) is 0 Å². The molecule has 0 aromatic heterocycles. The van der Waals surface area contributed by atoms with E-state index >= 15 is 0 Å². The van der Waals surface area contributed by atoms with E-state index in [0.717, 1.165) is 18.1 Å². The molecule has 4 amide bonds. The van der Waals surface area contributed by atoms with Gasteiger partial charge in [-0.3, -0.25) is 37.9 Å². The zero-order valence-corrected chi connectivity index (χ0v) is 42.8. The first-order chi connectivity index (χ1) is 33.8. The van der Waals surface area contributed by atoms with E-state index in [1.54, 1.807) is 30.3 Å². The first kappa shape index (κ1) is 58.0. The number of carbonyl (C=O) groups excluding carboxylic acids is 6. The summed E-state index contributed by atoms with van der Waals surface area (Å²) in [6.07, 6.45) is 2.00. The van der Waals surface area contributed by atoms with Gasteiger partial charge in [0.25, 0.3) is 10.1 Å². The van der Waals surface area contributed by atoms with Gasteiger partial charge in [-0.05, 0) is 74.0 Å². The molecule has 0 aliphatic carbocycles. The topological polar surface area (TPSA) is 236 Å². The summed E-state index contributed by atoms with van der Waals surface area (Å²) in [5.41, 5.74) is 0.140. The molecule has 1 aliphatic heterocycles. The number of Topliss-reactive ketones (excluding diaryl/α,β-unsaturated/α-hetero) is 1. The Labute approximate surface area is 419 Å². The highest BCUT2D eigenvalue weighted by Crippen LogP contribution is 2.18. The van der Waals surface area contributed by atoms with Gasteiger partial charge in [-0.15, -0.1) is 0 Å². The van der Waals surface area contributed by atoms with Gasteiger partial charge in [0.15, 0.2) is 5.78 Å². The molecule has 5 N–H and O–H groups in total. The number of carbonyl (C=O) groups is 6. The Balaban J connectivity index is 1.42. The van der Waals surface area contributed by atoms with E-state index in [9.17, 15) is 42.3 Å². The summed E-state index contributed by atoms with van der Waals surface area (Å²) in [7, 11) is -4.21. The third kappa shape index (κ3) is 22.2. The molecule has 0 radical (unpaired) electrons. The minimum absolute atomic E-state index is 0.00668. The molecule has 18 heteroatoms. The van der Waals surface area contributed by atoms with E-state index < -0.39 is 81.7 Å². The fourth-order valence-corrected chi connectivity index (χ4v) is 9.04. The van der Waals surface area contributed by atoms with Crippen molar-refractivity contribution in [3.8, 4) is 0 Å². The van der Waals surface area contributed by atoms with Crippen LogP contribution in [0.4, 0.5) is 0 Å². The lowest BCUT2D eigenvalue weighted by molar-refractivity contribution is -0.145. The van der Waals surface area contributed by atoms with Gasteiger partial charge < -0.3 is 35.8 Å². The SMILES string of the molecule is CC(C)C[C@H](NC(=O)[C@H](CCc1ccccc1)NC(=O)CN1CCOCC1)C(=O)N[C@@H](Cc1ccccc1)C(=O)N[C@@H](CC(C)C)C(=O)[C@](C)(O)COS(=O)(=O)CCCCCC(=O)OCc1ccccc1. The lowest BCUT2D eigenvalue weighted by Crippen LogP contribution is -2.60. The monoisotopic (exact) mass is 1010 g/mol. The predicted octanol–water partition coefficient (Wildman–Crippen LogP) is 4.20. The molecule has 3 aromatic rings. The fraction of sp³-hybridized carbons (Fsp3) is 0.547. The van der Waals surface area contributed by atoms with Crippen molar-refractivity contribution in [1.82, 2.24) is 26.2 Å². The number of aryl methyl sites for hydroxylation is 1. The van der Waals surface area contributed by atoms with Crippen molar-refractivity contribution in [2.75, 3.05) is 45.2 Å². The third-order valence-electron chi connectivity index (χ3n) is 11.9. The van der Waals surface area contributed by atoms with Crippen molar-refractivity contribution < 1.29 is 55.9 Å². The second-order valence-corrected chi connectivity index (χ2v) is 21.0. The van der Waals surface area contributed by atoms with Gasteiger partial charge in [0, 0.05) is 25.9 Å². The van der Waals surface area contributed by atoms with Gasteiger partial charge in [-0.1, -0.05) is 125 Å². The molecule has 0 bridgehead atoms. The van der Waals surface area contributed by atoms with Gasteiger partial charge in [0.2, 0.25) is 23.6 Å². The Hall–Kier alpha value is -5.53. The van der Waals surface area contributed by atoms with E-state index in [0.29, 0.717) is 51.1 Å². The third-order valence-corrected chi connectivity index (χ3v) is 13.1. The van der Waals surface area contributed by atoms with Crippen LogP contribution in [-0.2, 0) is 72.0 Å². The van der Waals surface area contributed by atoms with Crippen LogP contribution >= 0.6 is 0 Å². The molecule has 1 aliphatic rings. The number of amides is 4. The molecule has 17 nitrogen and oxygen atoms in total. The lowest BCUT2D eigenvalue weighted by Gasteiger charge is -2.30. The number of ether oxygens (including phenoxy) is 2. The van der Waals surface area contributed by atoms with Crippen LogP contribution in [0.2, 0.25) is 0 Å². The van der Waals surface area contributed by atoms with Crippen LogP contribution in [0.15, 0.2) is 91.0 Å². The van der Waals surface area contributed by atoms with E-state index in [1.165, 1.54) is 0 Å². The van der Waals surface area contributed by atoms with Crippen LogP contribution in [-0.4, -0.2) is 129 Å². The Kier molecular flexibility index (Phi) is 24.3. The average molecular weight is 1010 g/mol. The van der Waals surface area contributed by atoms with Gasteiger partial charge in [-0.2, -0.15) is 8.42 Å². The molecule has 5 atom stereocenters. The molecule has 0 unspecified atom stereocenters. The predicted molar refractivity (Wildman–Crippen MR) is 269 cm³/mol. The number of hydrogen-bond donors (Lipinski definition) is 5. The number of unbranched alkanes of at least 4 members (excludes halogenated alkanes) is 2. The van der Waals surface area contributed by atoms with Gasteiger partial charge >= 0.3 is 5.97 Å². The maximum absolute atomic E-state index is 14.4. The van der Waals surface area contributed by atoms with Crippen LogP contribution in [0.5, 0.6) is 0 Å². The lowest BCUT2D eigenvalue weighted by atomic mass is 9.90. The van der Waals surface area contributed by atoms with Crippen molar-refractivity contribution in [3.05, 3.63) is 108 Å². The van der Waals surface area contributed by atoms with Crippen LogP contribution < -0.4 is 21.3 Å². The van der Waals surface area contributed by atoms with Crippen LogP contribution in [0.1, 0.15) is 96.3 Å². The van der Waals surface area contributed by atoms with E-state index in [4.69, 9.17) is 13.7 Å². The van der Waals surface area contributed by atoms with Crippen molar-refractivity contribution in [2.45, 2.75) is 129 Å². The quantitative estimate of drug-likeness (QED) is 0.0346. The summed E-state index contributed by atoms with van der Waals surface area (Å²) in [5.74, 6) is -4.30. The molecule has 0 spiro atoms. The first-order valence-corrected chi connectivity index (χ1v) is 26.3. The number of esters is 1. The minimum atomic E-state index is -4.21. The highest BCUT2D eigenvalue weighted by atomic mass is 32.2. The van der Waals surface area contributed by atoms with Crippen LogP contribution in [0.3, 0.4) is 0 Å². The number of nitrogens with zero attached hydrogens (tertiary/aromatic N) is 1. The highest BCUT2D eigenvalue weighted by Gasteiger charge is 2.40. The largest absolute Gasteiger partial charge is 0.461 e. The molecule has 71 heavy (non-hydrogen) atoms. The minimum Gasteiger partial charge on any atom is -0.461 e. The second-order valence-electron chi connectivity index (χ2n) is 19.3. The molecule has 390 valence electrons. The average Bonchev–Trinajstić information content (AvgIpc) is 3.34. The number of hydrogen-bond acceptors (Lipinski definition) is 13. The summed E-state index contributed by atoms with van der Waals surface area (Å²) >= 11 is 0. The van der Waals surface area contributed by atoms with Crippen molar-refractivity contribution >= 4 is 45.5 Å². The molecule has 1 fully saturated rings. The highest BCUT2D eigenvalue weighted by molar-refractivity contribution is 7.86. The van der Waals surface area contributed by atoms with Gasteiger partial charge in [0.05, 0.1) is 31.6 Å². The Morgan fingerprint density at radius 1 is 0.676 bits per heavy atom. The molecular weight excluding hydrogens is 931 g/mol. The fourth-order valence-electron chi connectivity index (χ4n) is 7.95. The summed E-state index contributed by atoms with van der Waals surface area (Å²) < 4.78 is 41.6. The van der Waals surface area contributed by atoms with E-state index in [1.807, 2.05) is 93.3 Å². The molecule has 3 aromatic carbocycles. The Morgan fingerprint density at radius 3 is 1.80 bits per heavy atom. The number of nitrogens with one attached hydrogen (secondary N) is 4. The van der Waals surface area contributed by atoms with Crippen molar-refractivity contribution in [2.24, 2.45) is 11.8 Å². The zero-order valence-electron chi connectivity index (χ0n) is 41.9. The summed E-state index contributed by atoms with van der Waals surface area (Å²) in [5, 5.41) is 22.7.